The molecule has 1 aromatic carbocycles. The van der Waals surface area contributed by atoms with Crippen LogP contribution >= 0.6 is 11.6 Å². The Bertz CT molecular complexity index is 351. The van der Waals surface area contributed by atoms with Gasteiger partial charge in [-0.15, -0.1) is 0 Å². The van der Waals surface area contributed by atoms with Crippen LogP contribution in [0.3, 0.4) is 0 Å². The molecule has 16 heavy (non-hydrogen) atoms. The second kappa shape index (κ2) is 5.87. The summed E-state index contributed by atoms with van der Waals surface area (Å²) in [5, 5.41) is 3.89. The van der Waals surface area contributed by atoms with E-state index in [2.05, 4.69) is 5.32 Å². The minimum absolute atomic E-state index is 0.0784. The molecular weight excluding hydrogens is 224 g/mol. The van der Waals surface area contributed by atoms with Gasteiger partial charge in [0.2, 0.25) is 5.91 Å². The molecule has 0 bridgehead atoms. The summed E-state index contributed by atoms with van der Waals surface area (Å²) in [5.74, 6) is -0.316. The average molecular weight is 241 g/mol. The molecule has 0 aromatic heterocycles. The van der Waals surface area contributed by atoms with E-state index in [1.165, 1.54) is 0 Å². The monoisotopic (exact) mass is 240 g/mol. The lowest BCUT2D eigenvalue weighted by Gasteiger charge is -2.20. The van der Waals surface area contributed by atoms with Crippen molar-refractivity contribution in [3.8, 4) is 0 Å². The van der Waals surface area contributed by atoms with Gasteiger partial charge in [-0.25, -0.2) is 0 Å². The highest BCUT2D eigenvalue weighted by Crippen LogP contribution is 2.16. The Kier molecular flexibility index (Phi) is 4.77. The first-order valence-corrected chi connectivity index (χ1v) is 5.73. The fourth-order valence-corrected chi connectivity index (χ4v) is 1.68. The third-order valence-corrected chi connectivity index (χ3v) is 2.82. The van der Waals surface area contributed by atoms with Gasteiger partial charge in [0.05, 0.1) is 6.04 Å². The second-order valence-electron chi connectivity index (χ2n) is 3.80. The maximum absolute atomic E-state index is 11.1. The minimum atomic E-state index is -0.316. The van der Waals surface area contributed by atoms with Gasteiger partial charge >= 0.3 is 0 Å². The molecule has 4 heteroatoms. The zero-order valence-corrected chi connectivity index (χ0v) is 10.3. The first-order valence-electron chi connectivity index (χ1n) is 5.35. The van der Waals surface area contributed by atoms with Crippen molar-refractivity contribution in [2.75, 3.05) is 0 Å². The van der Waals surface area contributed by atoms with Gasteiger partial charge in [0.25, 0.3) is 0 Å². The molecule has 0 radical (unpaired) electrons. The highest BCUT2D eigenvalue weighted by Gasteiger charge is 2.16. The first kappa shape index (κ1) is 13.0. The smallest absolute Gasteiger partial charge is 0.234 e. The Morgan fingerprint density at radius 2 is 2.00 bits per heavy atom. The Morgan fingerprint density at radius 1 is 1.44 bits per heavy atom. The number of benzene rings is 1. The first-order chi connectivity index (χ1) is 7.54. The lowest BCUT2D eigenvalue weighted by molar-refractivity contribution is -0.120. The maximum Gasteiger partial charge on any atom is 0.234 e. The predicted molar refractivity (Wildman–Crippen MR) is 66.3 cm³/mol. The van der Waals surface area contributed by atoms with Crippen LogP contribution in [0.5, 0.6) is 0 Å². The highest BCUT2D eigenvalue weighted by atomic mass is 35.5. The Balaban J connectivity index is 2.67. The van der Waals surface area contributed by atoms with Crippen LogP contribution in [0.15, 0.2) is 24.3 Å². The second-order valence-corrected chi connectivity index (χ2v) is 4.24. The van der Waals surface area contributed by atoms with Gasteiger partial charge in [0, 0.05) is 11.1 Å². The van der Waals surface area contributed by atoms with E-state index in [9.17, 15) is 4.79 Å². The number of carbonyl (C=O) groups excluding carboxylic acids is 1. The third kappa shape index (κ3) is 3.51. The van der Waals surface area contributed by atoms with Crippen molar-refractivity contribution in [3.05, 3.63) is 34.9 Å². The van der Waals surface area contributed by atoms with Crippen LogP contribution < -0.4 is 11.1 Å². The quantitative estimate of drug-likeness (QED) is 0.830. The highest BCUT2D eigenvalue weighted by molar-refractivity contribution is 6.30. The number of nitrogens with one attached hydrogen (secondary N) is 1. The van der Waals surface area contributed by atoms with E-state index in [-0.39, 0.29) is 18.0 Å². The van der Waals surface area contributed by atoms with Gasteiger partial charge in [-0.1, -0.05) is 30.7 Å². The van der Waals surface area contributed by atoms with Crippen LogP contribution in [0.1, 0.15) is 31.9 Å². The summed E-state index contributed by atoms with van der Waals surface area (Å²) >= 11 is 5.81. The fourth-order valence-electron chi connectivity index (χ4n) is 1.55. The molecule has 0 aliphatic heterocycles. The lowest BCUT2D eigenvalue weighted by atomic mass is 10.1. The van der Waals surface area contributed by atoms with E-state index in [0.29, 0.717) is 11.4 Å². The minimum Gasteiger partial charge on any atom is -0.368 e. The van der Waals surface area contributed by atoms with Crippen LogP contribution in [0, 0.1) is 0 Å². The fraction of sp³-hybridized carbons (Fsp3) is 0.417. The van der Waals surface area contributed by atoms with Gasteiger partial charge < -0.3 is 5.73 Å². The molecule has 1 amide bonds. The molecule has 1 unspecified atom stereocenters. The number of primary amides is 1. The summed E-state index contributed by atoms with van der Waals surface area (Å²) in [6.45, 7) is 3.92. The molecular formula is C12H17ClN2O. The molecule has 0 heterocycles. The molecule has 0 spiro atoms. The maximum atomic E-state index is 11.1. The lowest BCUT2D eigenvalue weighted by Crippen LogP contribution is -2.41. The number of hydrogen-bond donors (Lipinski definition) is 2. The summed E-state index contributed by atoms with van der Waals surface area (Å²) in [5.41, 5.74) is 6.36. The van der Waals surface area contributed by atoms with E-state index < -0.39 is 0 Å². The standard InChI is InChI=1S/C12H17ClN2O/c1-3-11(12(14)16)15-8(2)9-4-6-10(13)7-5-9/h4-8,11,15H,3H2,1-2H3,(H2,14,16)/t8-,11?/m1/s1. The molecule has 1 aromatic rings. The largest absolute Gasteiger partial charge is 0.368 e. The summed E-state index contributed by atoms with van der Waals surface area (Å²) in [7, 11) is 0. The number of amides is 1. The molecule has 2 atom stereocenters. The third-order valence-electron chi connectivity index (χ3n) is 2.57. The number of carbonyl (C=O) groups is 1. The summed E-state index contributed by atoms with van der Waals surface area (Å²) in [4.78, 5) is 11.1. The van der Waals surface area contributed by atoms with Gasteiger partial charge in [0.15, 0.2) is 0 Å². The van der Waals surface area contributed by atoms with Crippen LogP contribution in [-0.4, -0.2) is 11.9 Å². The average Bonchev–Trinajstić information content (AvgIpc) is 2.26. The van der Waals surface area contributed by atoms with E-state index >= 15 is 0 Å². The number of rotatable bonds is 5. The van der Waals surface area contributed by atoms with Crippen LogP contribution in [-0.2, 0) is 4.79 Å². The topological polar surface area (TPSA) is 55.1 Å². The normalized spacial score (nSPS) is 14.4. The van der Waals surface area contributed by atoms with Gasteiger partial charge in [-0.3, -0.25) is 10.1 Å². The van der Waals surface area contributed by atoms with Crippen LogP contribution in [0.4, 0.5) is 0 Å². The van der Waals surface area contributed by atoms with E-state index in [1.54, 1.807) is 0 Å². The number of hydrogen-bond acceptors (Lipinski definition) is 2. The molecule has 0 fully saturated rings. The van der Waals surface area contributed by atoms with Gasteiger partial charge in [-0.2, -0.15) is 0 Å². The molecule has 0 saturated carbocycles. The SMILES string of the molecule is CCC(N[C@H](C)c1ccc(Cl)cc1)C(N)=O. The zero-order valence-electron chi connectivity index (χ0n) is 9.53. The van der Waals surface area contributed by atoms with Crippen molar-refractivity contribution >= 4 is 17.5 Å². The van der Waals surface area contributed by atoms with Gasteiger partial charge in [-0.05, 0) is 31.0 Å². The van der Waals surface area contributed by atoms with Crippen LogP contribution in [0.2, 0.25) is 5.02 Å². The van der Waals surface area contributed by atoms with Crippen molar-refractivity contribution < 1.29 is 4.79 Å². The Labute approximate surface area is 101 Å². The van der Waals surface area contributed by atoms with E-state index in [1.807, 2.05) is 38.1 Å². The molecule has 0 aliphatic carbocycles. The van der Waals surface area contributed by atoms with Crippen molar-refractivity contribution in [2.45, 2.75) is 32.4 Å². The zero-order chi connectivity index (χ0) is 12.1. The Morgan fingerprint density at radius 3 is 2.44 bits per heavy atom. The Hall–Kier alpha value is -1.06. The molecule has 0 saturated heterocycles. The van der Waals surface area contributed by atoms with E-state index in [4.69, 9.17) is 17.3 Å². The molecule has 1 rings (SSSR count). The van der Waals surface area contributed by atoms with Crippen molar-refractivity contribution in [1.29, 1.82) is 0 Å². The number of halogens is 1. The molecule has 3 N–H and O–H groups in total. The summed E-state index contributed by atoms with van der Waals surface area (Å²) in [6.07, 6.45) is 0.688. The molecule has 0 aliphatic rings. The van der Waals surface area contributed by atoms with Crippen LogP contribution in [0.25, 0.3) is 0 Å². The summed E-state index contributed by atoms with van der Waals surface area (Å²) < 4.78 is 0. The number of nitrogens with two attached hydrogens (primary N) is 1. The van der Waals surface area contributed by atoms with Crippen molar-refractivity contribution in [3.63, 3.8) is 0 Å². The van der Waals surface area contributed by atoms with Crippen molar-refractivity contribution in [2.24, 2.45) is 5.73 Å². The van der Waals surface area contributed by atoms with Crippen molar-refractivity contribution in [1.82, 2.24) is 5.32 Å². The molecule has 88 valence electrons. The predicted octanol–water partition coefficient (Wildman–Crippen LogP) is 2.25. The van der Waals surface area contributed by atoms with Gasteiger partial charge in [0.1, 0.15) is 0 Å². The molecule has 3 nitrogen and oxygen atoms in total. The van der Waals surface area contributed by atoms with E-state index in [0.717, 1.165) is 5.56 Å². The summed E-state index contributed by atoms with van der Waals surface area (Å²) in [6, 6.07) is 7.34.